The second-order valence-electron chi connectivity index (χ2n) is 3.66. The number of carbonyl (C=O) groups is 1. The van der Waals surface area contributed by atoms with Gasteiger partial charge in [0.25, 0.3) is 5.91 Å². The molecule has 0 spiro atoms. The molecule has 90 valence electrons. The number of aliphatic imine (C=N–C) groups is 1. The minimum absolute atomic E-state index is 0.240. The fourth-order valence-corrected chi connectivity index (χ4v) is 1.44. The van der Waals surface area contributed by atoms with Crippen LogP contribution >= 0.6 is 0 Å². The number of rotatable bonds is 4. The third-order valence-corrected chi connectivity index (χ3v) is 2.46. The largest absolute Gasteiger partial charge is 0.404 e. The molecule has 0 saturated heterocycles. The van der Waals surface area contributed by atoms with Gasteiger partial charge < -0.3 is 11.5 Å². The van der Waals surface area contributed by atoms with Crippen molar-refractivity contribution in [1.82, 2.24) is 0 Å². The minimum Gasteiger partial charge on any atom is -0.404 e. The van der Waals surface area contributed by atoms with Crippen LogP contribution in [-0.4, -0.2) is 11.6 Å². The van der Waals surface area contributed by atoms with Crippen molar-refractivity contribution in [3.63, 3.8) is 0 Å². The highest BCUT2D eigenvalue weighted by atomic mass is 16.1. The molecular formula is C13H17N3O. The standard InChI is InChI=1S/C13H17N3O/c1-3-10-4-6-11(7-5-10)16-9(2)12(8-14)13(15)17/h4-8H,3,14H2,1-2H3,(H2,15,17)/b12-8+,16-9?. The summed E-state index contributed by atoms with van der Waals surface area (Å²) in [5, 5.41) is 0. The van der Waals surface area contributed by atoms with Gasteiger partial charge in [0.05, 0.1) is 17.0 Å². The Morgan fingerprint density at radius 3 is 2.35 bits per heavy atom. The molecule has 0 bridgehead atoms. The van der Waals surface area contributed by atoms with Crippen LogP contribution in [0.4, 0.5) is 5.69 Å². The minimum atomic E-state index is -0.570. The summed E-state index contributed by atoms with van der Waals surface area (Å²) < 4.78 is 0. The van der Waals surface area contributed by atoms with Gasteiger partial charge in [-0.1, -0.05) is 19.1 Å². The molecule has 1 amide bonds. The Labute approximate surface area is 101 Å². The van der Waals surface area contributed by atoms with Crippen LogP contribution in [0, 0.1) is 0 Å². The molecule has 0 atom stereocenters. The van der Waals surface area contributed by atoms with Gasteiger partial charge >= 0.3 is 0 Å². The number of benzene rings is 1. The maximum Gasteiger partial charge on any atom is 0.252 e. The molecule has 4 nitrogen and oxygen atoms in total. The van der Waals surface area contributed by atoms with Crippen LogP contribution in [0.2, 0.25) is 0 Å². The smallest absolute Gasteiger partial charge is 0.252 e. The molecule has 0 aromatic heterocycles. The first kappa shape index (κ1) is 13.0. The van der Waals surface area contributed by atoms with Crippen LogP contribution in [0.15, 0.2) is 41.0 Å². The summed E-state index contributed by atoms with van der Waals surface area (Å²) in [5.41, 5.74) is 13.3. The highest BCUT2D eigenvalue weighted by molar-refractivity contribution is 6.20. The van der Waals surface area contributed by atoms with E-state index in [1.54, 1.807) is 6.92 Å². The number of carbonyl (C=O) groups excluding carboxylic acids is 1. The highest BCUT2D eigenvalue weighted by Gasteiger charge is 2.07. The van der Waals surface area contributed by atoms with Crippen molar-refractivity contribution in [3.8, 4) is 0 Å². The zero-order valence-corrected chi connectivity index (χ0v) is 10.1. The number of primary amides is 1. The van der Waals surface area contributed by atoms with Gasteiger partial charge in [-0.3, -0.25) is 9.79 Å². The van der Waals surface area contributed by atoms with E-state index >= 15 is 0 Å². The van der Waals surface area contributed by atoms with Crippen LogP contribution < -0.4 is 11.5 Å². The molecule has 0 unspecified atom stereocenters. The molecule has 0 radical (unpaired) electrons. The first-order chi connectivity index (χ1) is 8.08. The fraction of sp³-hybridized carbons (Fsp3) is 0.231. The van der Waals surface area contributed by atoms with Gasteiger partial charge in [-0.05, 0) is 31.0 Å². The molecule has 0 aliphatic rings. The lowest BCUT2D eigenvalue weighted by Crippen LogP contribution is -2.20. The number of amides is 1. The summed E-state index contributed by atoms with van der Waals surface area (Å²) in [5.74, 6) is -0.570. The Morgan fingerprint density at radius 1 is 1.35 bits per heavy atom. The number of nitrogens with zero attached hydrogens (tertiary/aromatic N) is 1. The van der Waals surface area contributed by atoms with Crippen LogP contribution in [0.3, 0.4) is 0 Å². The van der Waals surface area contributed by atoms with Gasteiger partial charge in [0.15, 0.2) is 0 Å². The van der Waals surface area contributed by atoms with Gasteiger partial charge in [0.2, 0.25) is 0 Å². The molecule has 0 fully saturated rings. The topological polar surface area (TPSA) is 81.5 Å². The van der Waals surface area contributed by atoms with Crippen LogP contribution in [-0.2, 0) is 11.2 Å². The van der Waals surface area contributed by atoms with Crippen molar-refractivity contribution in [1.29, 1.82) is 0 Å². The van der Waals surface area contributed by atoms with Gasteiger partial charge in [-0.15, -0.1) is 0 Å². The van der Waals surface area contributed by atoms with Crippen molar-refractivity contribution in [2.75, 3.05) is 0 Å². The predicted octanol–water partition coefficient (Wildman–Crippen LogP) is 1.67. The monoisotopic (exact) mass is 231 g/mol. The summed E-state index contributed by atoms with van der Waals surface area (Å²) in [6, 6.07) is 7.80. The Morgan fingerprint density at radius 2 is 1.94 bits per heavy atom. The number of hydrogen-bond donors (Lipinski definition) is 2. The first-order valence-corrected chi connectivity index (χ1v) is 5.44. The van der Waals surface area contributed by atoms with Crippen LogP contribution in [0.1, 0.15) is 19.4 Å². The lowest BCUT2D eigenvalue weighted by molar-refractivity contribution is -0.114. The first-order valence-electron chi connectivity index (χ1n) is 5.44. The van der Waals surface area contributed by atoms with Crippen molar-refractivity contribution in [2.45, 2.75) is 20.3 Å². The van der Waals surface area contributed by atoms with Crippen molar-refractivity contribution < 1.29 is 4.79 Å². The van der Waals surface area contributed by atoms with E-state index in [4.69, 9.17) is 11.5 Å². The number of aryl methyl sites for hydroxylation is 1. The van der Waals surface area contributed by atoms with E-state index in [-0.39, 0.29) is 5.57 Å². The highest BCUT2D eigenvalue weighted by Crippen LogP contribution is 2.15. The number of hydrogen-bond acceptors (Lipinski definition) is 3. The second-order valence-corrected chi connectivity index (χ2v) is 3.66. The average Bonchev–Trinajstić information content (AvgIpc) is 2.30. The van der Waals surface area contributed by atoms with E-state index in [0.717, 1.165) is 12.1 Å². The van der Waals surface area contributed by atoms with E-state index in [9.17, 15) is 4.79 Å². The molecule has 0 aliphatic heterocycles. The zero-order valence-electron chi connectivity index (χ0n) is 10.1. The van der Waals surface area contributed by atoms with Gasteiger partial charge in [-0.25, -0.2) is 0 Å². The van der Waals surface area contributed by atoms with E-state index in [1.165, 1.54) is 11.8 Å². The lowest BCUT2D eigenvalue weighted by atomic mass is 10.1. The molecule has 1 aromatic rings. The molecule has 0 saturated carbocycles. The Bertz CT molecular complexity index is 458. The SMILES string of the molecule is CCc1ccc(N=C(C)/C(=C\N)C(N)=O)cc1. The van der Waals surface area contributed by atoms with Gasteiger partial charge in [0.1, 0.15) is 0 Å². The van der Waals surface area contributed by atoms with Gasteiger partial charge in [-0.2, -0.15) is 0 Å². The van der Waals surface area contributed by atoms with E-state index in [1.807, 2.05) is 24.3 Å². The normalized spacial score (nSPS) is 12.6. The number of nitrogens with two attached hydrogens (primary N) is 2. The molecule has 1 aromatic carbocycles. The van der Waals surface area contributed by atoms with Crippen molar-refractivity contribution >= 4 is 17.3 Å². The Kier molecular flexibility index (Phi) is 4.46. The molecule has 0 heterocycles. The second kappa shape index (κ2) is 5.84. The summed E-state index contributed by atoms with van der Waals surface area (Å²) in [6.07, 6.45) is 2.17. The van der Waals surface area contributed by atoms with E-state index < -0.39 is 5.91 Å². The van der Waals surface area contributed by atoms with Crippen molar-refractivity contribution in [2.24, 2.45) is 16.5 Å². The molecule has 4 N–H and O–H groups in total. The maximum atomic E-state index is 11.1. The van der Waals surface area contributed by atoms with E-state index in [0.29, 0.717) is 5.71 Å². The third-order valence-electron chi connectivity index (χ3n) is 2.46. The molecule has 1 rings (SSSR count). The molecular weight excluding hydrogens is 214 g/mol. The van der Waals surface area contributed by atoms with Crippen LogP contribution in [0.5, 0.6) is 0 Å². The third kappa shape index (κ3) is 3.45. The lowest BCUT2D eigenvalue weighted by Gasteiger charge is -2.02. The Hall–Kier alpha value is -2.10. The fourth-order valence-electron chi connectivity index (χ4n) is 1.44. The van der Waals surface area contributed by atoms with E-state index in [2.05, 4.69) is 11.9 Å². The molecule has 4 heteroatoms. The maximum absolute atomic E-state index is 11.1. The van der Waals surface area contributed by atoms with Crippen LogP contribution in [0.25, 0.3) is 0 Å². The summed E-state index contributed by atoms with van der Waals surface area (Å²) in [7, 11) is 0. The summed E-state index contributed by atoms with van der Waals surface area (Å²) in [6.45, 7) is 3.79. The summed E-state index contributed by atoms with van der Waals surface area (Å²) >= 11 is 0. The quantitative estimate of drug-likeness (QED) is 0.610. The Balaban J connectivity index is 2.97. The van der Waals surface area contributed by atoms with Gasteiger partial charge in [0, 0.05) is 6.20 Å². The average molecular weight is 231 g/mol. The zero-order chi connectivity index (χ0) is 12.8. The predicted molar refractivity (Wildman–Crippen MR) is 70.1 cm³/mol. The molecule has 0 aliphatic carbocycles. The van der Waals surface area contributed by atoms with Crippen molar-refractivity contribution in [3.05, 3.63) is 41.6 Å². The molecule has 17 heavy (non-hydrogen) atoms. The summed E-state index contributed by atoms with van der Waals surface area (Å²) in [4.78, 5) is 15.4.